The molecule has 0 saturated heterocycles. The molecule has 0 saturated carbocycles. The molecule has 0 aliphatic carbocycles. The van der Waals surface area contributed by atoms with Gasteiger partial charge in [-0.05, 0) is 52.9 Å². The van der Waals surface area contributed by atoms with E-state index >= 15 is 0 Å². The lowest BCUT2D eigenvalue weighted by atomic mass is 9.89. The number of para-hydroxylation sites is 1. The van der Waals surface area contributed by atoms with Crippen molar-refractivity contribution in [3.05, 3.63) is 95.8 Å². The van der Waals surface area contributed by atoms with Crippen LogP contribution >= 0.6 is 11.3 Å². The topological polar surface area (TPSA) is 50.3 Å². The van der Waals surface area contributed by atoms with E-state index in [1.165, 1.54) is 28.4 Å². The number of anilines is 1. The van der Waals surface area contributed by atoms with Gasteiger partial charge >= 0.3 is 0 Å². The van der Waals surface area contributed by atoms with Crippen LogP contribution in [0.3, 0.4) is 0 Å². The van der Waals surface area contributed by atoms with Gasteiger partial charge < -0.3 is 0 Å². The molecule has 31 heavy (non-hydrogen) atoms. The van der Waals surface area contributed by atoms with Crippen LogP contribution in [0.25, 0.3) is 32.1 Å². The van der Waals surface area contributed by atoms with Gasteiger partial charge in [0.1, 0.15) is 5.82 Å². The van der Waals surface area contributed by atoms with Gasteiger partial charge in [0.05, 0.1) is 10.2 Å². The Labute approximate surface area is 180 Å². The molecule has 148 valence electrons. The highest BCUT2D eigenvalue weighted by Gasteiger charge is 2.36. The van der Waals surface area contributed by atoms with E-state index in [0.29, 0.717) is 21.6 Å². The summed E-state index contributed by atoms with van der Waals surface area (Å²) in [7, 11) is 0. The van der Waals surface area contributed by atoms with Gasteiger partial charge in [-0.15, -0.1) is 0 Å². The highest BCUT2D eigenvalue weighted by Crippen LogP contribution is 2.39. The molecule has 0 fully saturated rings. The third-order valence-corrected chi connectivity index (χ3v) is 6.56. The van der Waals surface area contributed by atoms with Crippen LogP contribution in [0.4, 0.5) is 9.52 Å². The molecule has 0 unspecified atom stereocenters. The molecule has 0 bridgehead atoms. The number of hydrogen-bond donors (Lipinski definition) is 0. The largest absolute Gasteiger partial charge is 0.268 e. The van der Waals surface area contributed by atoms with Crippen LogP contribution in [0, 0.1) is 5.82 Å². The third kappa shape index (κ3) is 2.62. The predicted molar refractivity (Wildman–Crippen MR) is 120 cm³/mol. The second kappa shape index (κ2) is 6.55. The van der Waals surface area contributed by atoms with Crippen LogP contribution in [0.5, 0.6) is 0 Å². The lowest BCUT2D eigenvalue weighted by Gasteiger charge is -2.26. The van der Waals surface area contributed by atoms with Crippen LogP contribution in [-0.2, 0) is 0 Å². The number of benzene rings is 4. The number of imide groups is 1. The average molecular weight is 424 g/mol. The summed E-state index contributed by atoms with van der Waals surface area (Å²) in [4.78, 5) is 32.5. The fraction of sp³-hybridized carbons (Fsp3) is 0. The van der Waals surface area contributed by atoms with Crippen molar-refractivity contribution < 1.29 is 14.0 Å². The van der Waals surface area contributed by atoms with Crippen LogP contribution in [-0.4, -0.2) is 16.8 Å². The maximum absolute atomic E-state index is 13.4. The van der Waals surface area contributed by atoms with E-state index in [0.717, 1.165) is 26.7 Å². The van der Waals surface area contributed by atoms with Gasteiger partial charge in [-0.2, -0.15) is 0 Å². The Morgan fingerprint density at radius 3 is 2.23 bits per heavy atom. The van der Waals surface area contributed by atoms with Gasteiger partial charge in [0.15, 0.2) is 0 Å². The van der Waals surface area contributed by atoms with Crippen molar-refractivity contribution in [3.63, 3.8) is 0 Å². The van der Waals surface area contributed by atoms with E-state index in [1.54, 1.807) is 30.3 Å². The molecule has 1 aromatic heterocycles. The smallest absolute Gasteiger partial charge is 0.267 e. The van der Waals surface area contributed by atoms with Gasteiger partial charge in [0.25, 0.3) is 11.8 Å². The fourth-order valence-electron chi connectivity index (χ4n) is 4.11. The Kier molecular flexibility index (Phi) is 3.79. The molecule has 2 heterocycles. The number of carbonyl (C=O) groups excluding carboxylic acids is 2. The van der Waals surface area contributed by atoms with Crippen LogP contribution in [0.15, 0.2) is 78.9 Å². The zero-order valence-corrected chi connectivity index (χ0v) is 16.8. The number of carbonyl (C=O) groups is 2. The summed E-state index contributed by atoms with van der Waals surface area (Å²) in [6.45, 7) is 0. The summed E-state index contributed by atoms with van der Waals surface area (Å²) in [5.41, 5.74) is 3.32. The van der Waals surface area contributed by atoms with E-state index in [-0.39, 0.29) is 5.82 Å². The molecule has 0 radical (unpaired) electrons. The van der Waals surface area contributed by atoms with Crippen molar-refractivity contribution >= 4 is 49.3 Å². The van der Waals surface area contributed by atoms with Gasteiger partial charge in [-0.3, -0.25) is 9.59 Å². The first-order chi connectivity index (χ1) is 15.1. The Morgan fingerprint density at radius 2 is 1.45 bits per heavy atom. The number of hydrogen-bond acceptors (Lipinski definition) is 4. The minimum Gasteiger partial charge on any atom is -0.268 e. The number of rotatable bonds is 2. The summed E-state index contributed by atoms with van der Waals surface area (Å²) < 4.78 is 14.3. The molecule has 4 nitrogen and oxygen atoms in total. The number of thiazole rings is 1. The zero-order chi connectivity index (χ0) is 21.1. The molecule has 0 atom stereocenters. The van der Waals surface area contributed by atoms with E-state index < -0.39 is 11.8 Å². The SMILES string of the molecule is O=C1c2cccc3c(-c4ccc(F)cc4)ccc(c23)C(=O)N1c1nc2ccccc2s1. The molecule has 6 heteroatoms. The van der Waals surface area contributed by atoms with Crippen LogP contribution in [0.2, 0.25) is 0 Å². The summed E-state index contributed by atoms with van der Waals surface area (Å²) >= 11 is 1.31. The van der Waals surface area contributed by atoms with E-state index in [9.17, 15) is 14.0 Å². The van der Waals surface area contributed by atoms with E-state index in [1.807, 2.05) is 36.4 Å². The Morgan fingerprint density at radius 1 is 0.742 bits per heavy atom. The fourth-order valence-corrected chi connectivity index (χ4v) is 5.07. The van der Waals surface area contributed by atoms with Gasteiger partial charge in [-0.25, -0.2) is 14.3 Å². The molecular weight excluding hydrogens is 411 g/mol. The third-order valence-electron chi connectivity index (χ3n) is 5.54. The standard InChI is InChI=1S/C25H13FN2O2S/c26-15-10-8-14(9-11-15)16-12-13-19-22-17(16)4-3-5-18(22)23(29)28(24(19)30)25-27-20-6-1-2-7-21(20)31-25/h1-13H. The zero-order valence-electron chi connectivity index (χ0n) is 16.0. The number of aromatic nitrogens is 1. The second-order valence-electron chi connectivity index (χ2n) is 7.31. The summed E-state index contributed by atoms with van der Waals surface area (Å²) in [5.74, 6) is -1.10. The molecule has 6 rings (SSSR count). The number of halogens is 1. The van der Waals surface area contributed by atoms with Gasteiger partial charge in [0.2, 0.25) is 5.13 Å². The lowest BCUT2D eigenvalue weighted by molar-refractivity contribution is 0.0893. The molecule has 0 spiro atoms. The summed E-state index contributed by atoms with van der Waals surface area (Å²) in [6, 6.07) is 22.7. The molecule has 5 aromatic rings. The molecule has 1 aliphatic heterocycles. The van der Waals surface area contributed by atoms with Gasteiger partial charge in [-0.1, -0.05) is 53.8 Å². The Hall–Kier alpha value is -3.90. The van der Waals surface area contributed by atoms with Crippen molar-refractivity contribution in [3.8, 4) is 11.1 Å². The summed E-state index contributed by atoms with van der Waals surface area (Å²) in [6.07, 6.45) is 0. The first-order valence-electron chi connectivity index (χ1n) is 9.68. The predicted octanol–water partition coefficient (Wildman–Crippen LogP) is 6.06. The van der Waals surface area contributed by atoms with Gasteiger partial charge in [0, 0.05) is 16.5 Å². The van der Waals surface area contributed by atoms with Crippen molar-refractivity contribution in [1.82, 2.24) is 4.98 Å². The van der Waals surface area contributed by atoms with Crippen molar-refractivity contribution in [2.45, 2.75) is 0 Å². The maximum Gasteiger partial charge on any atom is 0.267 e. The molecule has 0 N–H and O–H groups in total. The maximum atomic E-state index is 13.4. The first kappa shape index (κ1) is 17.9. The highest BCUT2D eigenvalue weighted by molar-refractivity contribution is 7.22. The number of nitrogens with zero attached hydrogens (tertiary/aromatic N) is 2. The van der Waals surface area contributed by atoms with Crippen molar-refractivity contribution in [2.75, 3.05) is 4.90 Å². The van der Waals surface area contributed by atoms with Crippen LogP contribution < -0.4 is 4.90 Å². The molecule has 1 aliphatic rings. The minimum atomic E-state index is -0.390. The monoisotopic (exact) mass is 424 g/mol. The normalized spacial score (nSPS) is 13.4. The molecular formula is C25H13FN2O2S. The summed E-state index contributed by atoms with van der Waals surface area (Å²) in [5, 5.41) is 1.77. The minimum absolute atomic E-state index is 0.316. The second-order valence-corrected chi connectivity index (χ2v) is 8.31. The average Bonchev–Trinajstić information content (AvgIpc) is 3.21. The van der Waals surface area contributed by atoms with Crippen molar-refractivity contribution in [1.29, 1.82) is 0 Å². The number of amides is 2. The first-order valence-corrected chi connectivity index (χ1v) is 10.5. The van der Waals surface area contributed by atoms with E-state index in [2.05, 4.69) is 4.98 Å². The molecule has 4 aromatic carbocycles. The number of fused-ring (bicyclic) bond motifs is 1. The Balaban J connectivity index is 1.56. The Bertz CT molecular complexity index is 1480. The van der Waals surface area contributed by atoms with E-state index in [4.69, 9.17) is 0 Å². The van der Waals surface area contributed by atoms with Crippen LogP contribution in [0.1, 0.15) is 20.7 Å². The molecule has 2 amide bonds. The van der Waals surface area contributed by atoms with Crippen molar-refractivity contribution in [2.24, 2.45) is 0 Å². The highest BCUT2D eigenvalue weighted by atomic mass is 32.1. The lowest BCUT2D eigenvalue weighted by Crippen LogP contribution is -2.40. The quantitative estimate of drug-likeness (QED) is 0.324.